The summed E-state index contributed by atoms with van der Waals surface area (Å²) in [5.74, 6) is -2.53. The first-order valence-corrected chi connectivity index (χ1v) is 3.61. The molecule has 0 amide bonds. The number of hydrogen-bond donors (Lipinski definition) is 3. The van der Waals surface area contributed by atoms with E-state index in [0.717, 1.165) is 0 Å². The van der Waals surface area contributed by atoms with Gasteiger partial charge in [0.05, 0.1) is 5.41 Å². The van der Waals surface area contributed by atoms with Gasteiger partial charge in [-0.1, -0.05) is 0 Å². The zero-order valence-corrected chi connectivity index (χ0v) is 7.87. The largest absolute Gasteiger partial charge is 0.481 e. The molecule has 6 heteroatoms. The van der Waals surface area contributed by atoms with Crippen LogP contribution in [0, 0.1) is 11.3 Å². The molecule has 76 valence electrons. The summed E-state index contributed by atoms with van der Waals surface area (Å²) in [6, 6.07) is -1.05. The number of hydrogen-bond acceptors (Lipinski definition) is 3. The zero-order chi connectivity index (χ0) is 9.52. The molecular formula is C7H12ClNO4. The molecule has 0 aliphatic heterocycles. The summed E-state index contributed by atoms with van der Waals surface area (Å²) >= 11 is 0. The van der Waals surface area contributed by atoms with E-state index in [1.807, 2.05) is 0 Å². The fourth-order valence-corrected chi connectivity index (χ4v) is 1.34. The van der Waals surface area contributed by atoms with Crippen LogP contribution in [0.1, 0.15) is 13.3 Å². The lowest BCUT2D eigenvalue weighted by molar-refractivity contribution is -0.144. The van der Waals surface area contributed by atoms with Crippen molar-refractivity contribution in [1.82, 2.24) is 0 Å². The third-order valence-electron chi connectivity index (χ3n) is 2.51. The molecule has 0 spiro atoms. The normalized spacial score (nSPS) is 32.9. The molecule has 0 heterocycles. The second-order valence-corrected chi connectivity index (χ2v) is 3.40. The van der Waals surface area contributed by atoms with Crippen molar-refractivity contribution in [3.8, 4) is 0 Å². The standard InChI is InChI=1S/C7H11NO4.ClH/c1-7(6(11)12)2-3(7)4(8)5(9)10;/h3-4H,2,8H2,1H3,(H,9,10)(H,11,12);1H/t3-,4?,7-;/m1./s1. The van der Waals surface area contributed by atoms with Gasteiger partial charge in [0, 0.05) is 5.92 Å². The number of carboxylic acids is 2. The van der Waals surface area contributed by atoms with Crippen LogP contribution in [-0.2, 0) is 9.59 Å². The van der Waals surface area contributed by atoms with Crippen LogP contribution >= 0.6 is 12.4 Å². The highest BCUT2D eigenvalue weighted by Gasteiger charge is 2.60. The van der Waals surface area contributed by atoms with E-state index in [-0.39, 0.29) is 12.4 Å². The topological polar surface area (TPSA) is 101 Å². The maximum atomic E-state index is 10.6. The minimum Gasteiger partial charge on any atom is -0.481 e. The summed E-state index contributed by atoms with van der Waals surface area (Å²) in [5, 5.41) is 17.2. The molecule has 0 aromatic rings. The van der Waals surface area contributed by atoms with Crippen LogP contribution in [0.25, 0.3) is 0 Å². The Morgan fingerprint density at radius 1 is 1.54 bits per heavy atom. The Labute approximate surface area is 81.3 Å². The third-order valence-corrected chi connectivity index (χ3v) is 2.51. The first-order valence-electron chi connectivity index (χ1n) is 3.61. The predicted octanol–water partition coefficient (Wildman–Crippen LogP) is -0.0691. The van der Waals surface area contributed by atoms with E-state index in [1.54, 1.807) is 0 Å². The van der Waals surface area contributed by atoms with Crippen LogP contribution in [0.3, 0.4) is 0 Å². The van der Waals surface area contributed by atoms with Crippen molar-refractivity contribution >= 4 is 24.3 Å². The molecule has 1 aliphatic rings. The first kappa shape index (κ1) is 12.2. The summed E-state index contributed by atoms with van der Waals surface area (Å²) in [7, 11) is 0. The molecule has 1 aliphatic carbocycles. The SMILES string of the molecule is C[C@@]1(C(=O)O)C[C@@H]1C(N)C(=O)O.Cl. The Hall–Kier alpha value is -0.810. The van der Waals surface area contributed by atoms with Crippen LogP contribution in [0.4, 0.5) is 0 Å². The van der Waals surface area contributed by atoms with Gasteiger partial charge >= 0.3 is 11.9 Å². The van der Waals surface area contributed by atoms with Crippen molar-refractivity contribution in [3.63, 3.8) is 0 Å². The molecular weight excluding hydrogens is 198 g/mol. The van der Waals surface area contributed by atoms with Gasteiger partial charge in [-0.05, 0) is 13.3 Å². The summed E-state index contributed by atoms with van der Waals surface area (Å²) in [5.41, 5.74) is 4.35. The highest BCUT2D eigenvalue weighted by molar-refractivity contribution is 5.85. The van der Waals surface area contributed by atoms with Gasteiger partial charge in [0.1, 0.15) is 6.04 Å². The molecule has 0 saturated heterocycles. The van der Waals surface area contributed by atoms with Crippen LogP contribution in [-0.4, -0.2) is 28.2 Å². The van der Waals surface area contributed by atoms with Crippen molar-refractivity contribution in [3.05, 3.63) is 0 Å². The zero-order valence-electron chi connectivity index (χ0n) is 7.06. The lowest BCUT2D eigenvalue weighted by atomic mass is 10.0. The Morgan fingerprint density at radius 3 is 2.23 bits per heavy atom. The summed E-state index contributed by atoms with van der Waals surface area (Å²) < 4.78 is 0. The molecule has 5 nitrogen and oxygen atoms in total. The van der Waals surface area contributed by atoms with Crippen molar-refractivity contribution < 1.29 is 19.8 Å². The van der Waals surface area contributed by atoms with Gasteiger partial charge in [0.25, 0.3) is 0 Å². The van der Waals surface area contributed by atoms with Gasteiger partial charge in [-0.25, -0.2) is 0 Å². The van der Waals surface area contributed by atoms with E-state index < -0.39 is 29.3 Å². The molecule has 1 fully saturated rings. The summed E-state index contributed by atoms with van der Waals surface area (Å²) in [6.07, 6.45) is 0.357. The average molecular weight is 210 g/mol. The Balaban J connectivity index is 0.00000144. The molecule has 0 radical (unpaired) electrons. The average Bonchev–Trinajstić information content (AvgIpc) is 2.62. The maximum Gasteiger partial charge on any atom is 0.320 e. The smallest absolute Gasteiger partial charge is 0.320 e. The third kappa shape index (κ3) is 1.92. The van der Waals surface area contributed by atoms with Crippen LogP contribution in [0.2, 0.25) is 0 Å². The van der Waals surface area contributed by atoms with Crippen LogP contribution in [0.5, 0.6) is 0 Å². The van der Waals surface area contributed by atoms with E-state index in [9.17, 15) is 9.59 Å². The quantitative estimate of drug-likeness (QED) is 0.604. The van der Waals surface area contributed by atoms with Crippen molar-refractivity contribution in [1.29, 1.82) is 0 Å². The van der Waals surface area contributed by atoms with Crippen LogP contribution in [0.15, 0.2) is 0 Å². The van der Waals surface area contributed by atoms with Gasteiger partial charge in [-0.2, -0.15) is 0 Å². The molecule has 0 aromatic carbocycles. The molecule has 0 bridgehead atoms. The molecule has 1 rings (SSSR count). The minimum atomic E-state index is -1.13. The Bertz CT molecular complexity index is 245. The maximum absolute atomic E-state index is 10.6. The van der Waals surface area contributed by atoms with Crippen molar-refractivity contribution in [2.75, 3.05) is 0 Å². The molecule has 13 heavy (non-hydrogen) atoms. The van der Waals surface area contributed by atoms with E-state index in [0.29, 0.717) is 6.42 Å². The lowest BCUT2D eigenvalue weighted by Crippen LogP contribution is -2.35. The number of nitrogens with two attached hydrogens (primary N) is 1. The lowest BCUT2D eigenvalue weighted by Gasteiger charge is -2.08. The number of rotatable bonds is 3. The highest BCUT2D eigenvalue weighted by atomic mass is 35.5. The van der Waals surface area contributed by atoms with E-state index >= 15 is 0 Å². The second kappa shape index (κ2) is 3.51. The van der Waals surface area contributed by atoms with Gasteiger partial charge in [-0.15, -0.1) is 12.4 Å². The minimum absolute atomic E-state index is 0. The first-order chi connectivity index (χ1) is 5.39. The number of halogens is 1. The van der Waals surface area contributed by atoms with Crippen molar-refractivity contribution in [2.24, 2.45) is 17.1 Å². The molecule has 1 saturated carbocycles. The molecule has 3 atom stereocenters. The highest BCUT2D eigenvalue weighted by Crippen LogP contribution is 2.53. The fourth-order valence-electron chi connectivity index (χ4n) is 1.34. The summed E-state index contributed by atoms with van der Waals surface area (Å²) in [4.78, 5) is 20.9. The van der Waals surface area contributed by atoms with Gasteiger partial charge in [-0.3, -0.25) is 9.59 Å². The van der Waals surface area contributed by atoms with E-state index in [4.69, 9.17) is 15.9 Å². The number of aliphatic carboxylic acids is 2. The summed E-state index contributed by atoms with van der Waals surface area (Å²) in [6.45, 7) is 1.52. The Kier molecular flexibility index (Phi) is 3.29. The van der Waals surface area contributed by atoms with E-state index in [2.05, 4.69) is 0 Å². The molecule has 4 N–H and O–H groups in total. The Morgan fingerprint density at radius 2 is 2.00 bits per heavy atom. The number of carbonyl (C=O) groups is 2. The van der Waals surface area contributed by atoms with Crippen LogP contribution < -0.4 is 5.73 Å². The van der Waals surface area contributed by atoms with Crippen molar-refractivity contribution in [2.45, 2.75) is 19.4 Å². The van der Waals surface area contributed by atoms with E-state index in [1.165, 1.54) is 6.92 Å². The monoisotopic (exact) mass is 209 g/mol. The van der Waals surface area contributed by atoms with Gasteiger partial charge in [0.15, 0.2) is 0 Å². The van der Waals surface area contributed by atoms with Gasteiger partial charge in [0.2, 0.25) is 0 Å². The van der Waals surface area contributed by atoms with Gasteiger partial charge < -0.3 is 15.9 Å². The molecule has 1 unspecified atom stereocenters. The molecule has 0 aromatic heterocycles. The predicted molar refractivity (Wildman–Crippen MR) is 46.7 cm³/mol. The fraction of sp³-hybridized carbons (Fsp3) is 0.714. The second-order valence-electron chi connectivity index (χ2n) is 3.40. The number of carboxylic acid groups (broad SMARTS) is 2.